The second-order valence-electron chi connectivity index (χ2n) is 8.58. The van der Waals surface area contributed by atoms with Gasteiger partial charge in [0.15, 0.2) is 5.60 Å². The van der Waals surface area contributed by atoms with Crippen LogP contribution in [0.3, 0.4) is 0 Å². The van der Waals surface area contributed by atoms with E-state index in [-0.39, 0.29) is 30.2 Å². The summed E-state index contributed by atoms with van der Waals surface area (Å²) in [5.41, 5.74) is 1.60. The second-order valence-corrected chi connectivity index (χ2v) is 8.58. The van der Waals surface area contributed by atoms with Gasteiger partial charge in [-0.05, 0) is 54.8 Å². The summed E-state index contributed by atoms with van der Waals surface area (Å²) in [6.45, 7) is 2.01. The lowest BCUT2D eigenvalue weighted by atomic mass is 10.0. The van der Waals surface area contributed by atoms with Crippen LogP contribution in [0.15, 0.2) is 60.7 Å². The molecule has 0 spiro atoms. The number of nitrogens with one attached hydrogen (secondary N) is 2. The predicted octanol–water partition coefficient (Wildman–Crippen LogP) is 3.35. The highest BCUT2D eigenvalue weighted by Crippen LogP contribution is 2.31. The molecule has 1 fully saturated rings. The van der Waals surface area contributed by atoms with Crippen LogP contribution < -0.4 is 5.32 Å². The maximum absolute atomic E-state index is 14.1. The van der Waals surface area contributed by atoms with Gasteiger partial charge in [0.05, 0.1) is 19.3 Å². The van der Waals surface area contributed by atoms with Crippen molar-refractivity contribution in [1.82, 2.24) is 15.3 Å². The Morgan fingerprint density at radius 2 is 2.00 bits per heavy atom. The van der Waals surface area contributed by atoms with Crippen molar-refractivity contribution in [2.24, 2.45) is 0 Å². The Bertz CT molecular complexity index is 1460. The average Bonchev–Trinajstić information content (AvgIpc) is 3.25. The first-order valence-electron chi connectivity index (χ1n) is 11.0. The van der Waals surface area contributed by atoms with E-state index in [1.165, 1.54) is 18.2 Å². The zero-order chi connectivity index (χ0) is 24.6. The monoisotopic (exact) mass is 471 g/mol. The third kappa shape index (κ3) is 4.73. The quantitative estimate of drug-likeness (QED) is 0.342. The molecule has 5 rings (SSSR count). The highest BCUT2D eigenvalue weighted by Gasteiger charge is 2.34. The number of nitrogens with zero attached hydrogens (tertiary/aromatic N) is 1. The molecule has 0 radical (unpaired) electrons. The minimum absolute atomic E-state index is 0.100. The minimum atomic E-state index is -1.19. The highest BCUT2D eigenvalue weighted by atomic mass is 19.1. The van der Waals surface area contributed by atoms with Crippen LogP contribution in [0.4, 0.5) is 4.39 Å². The molecular formula is C27H22FN3O4. The molecule has 35 heavy (non-hydrogen) atoms. The van der Waals surface area contributed by atoms with E-state index in [0.29, 0.717) is 17.0 Å². The molecule has 0 saturated carbocycles. The number of halogens is 1. The van der Waals surface area contributed by atoms with Crippen LogP contribution in [0.2, 0.25) is 0 Å². The summed E-state index contributed by atoms with van der Waals surface area (Å²) in [6, 6.07) is 15.3. The number of pyridine rings is 1. The van der Waals surface area contributed by atoms with Gasteiger partial charge in [-0.15, -0.1) is 0 Å². The molecule has 1 amide bonds. The van der Waals surface area contributed by atoms with E-state index in [4.69, 9.17) is 4.74 Å². The SMILES string of the molecule is Cc1cc(C#CC2(O)COC2)cc(C(=O)NC(c2cc3ccccc3[nH]2)c2cc(F)ccc2O)n1. The van der Waals surface area contributed by atoms with E-state index >= 15 is 0 Å². The molecule has 1 aliphatic heterocycles. The summed E-state index contributed by atoms with van der Waals surface area (Å²) < 4.78 is 19.1. The molecule has 2 aromatic heterocycles. The number of carbonyl (C=O) groups excluding carboxylic acids is 1. The number of carbonyl (C=O) groups is 1. The van der Waals surface area contributed by atoms with Gasteiger partial charge in [-0.2, -0.15) is 0 Å². The Hall–Kier alpha value is -4.19. The van der Waals surface area contributed by atoms with E-state index in [9.17, 15) is 19.4 Å². The lowest BCUT2D eigenvalue weighted by Crippen LogP contribution is -2.48. The number of aromatic amines is 1. The van der Waals surface area contributed by atoms with Gasteiger partial charge in [0.25, 0.3) is 5.91 Å². The Morgan fingerprint density at radius 1 is 1.20 bits per heavy atom. The summed E-state index contributed by atoms with van der Waals surface area (Å²) in [7, 11) is 0. The van der Waals surface area contributed by atoms with Gasteiger partial charge >= 0.3 is 0 Å². The number of rotatable bonds is 4. The fraction of sp³-hybridized carbons (Fsp3) is 0.185. The number of fused-ring (bicyclic) bond motifs is 1. The number of aryl methyl sites for hydroxylation is 1. The molecular weight excluding hydrogens is 449 g/mol. The van der Waals surface area contributed by atoms with Crippen molar-refractivity contribution in [1.29, 1.82) is 0 Å². The first-order chi connectivity index (χ1) is 16.8. The number of benzene rings is 2. The minimum Gasteiger partial charge on any atom is -0.508 e. The van der Waals surface area contributed by atoms with Crippen molar-refractivity contribution in [3.63, 3.8) is 0 Å². The van der Waals surface area contributed by atoms with Crippen molar-refractivity contribution >= 4 is 16.8 Å². The molecule has 176 valence electrons. The van der Waals surface area contributed by atoms with Gasteiger partial charge in [-0.25, -0.2) is 9.37 Å². The number of aromatic nitrogens is 2. The van der Waals surface area contributed by atoms with E-state index in [0.717, 1.165) is 17.0 Å². The van der Waals surface area contributed by atoms with Crippen LogP contribution in [0.5, 0.6) is 5.75 Å². The number of hydrogen-bond acceptors (Lipinski definition) is 5. The number of amides is 1. The number of ether oxygens (including phenoxy) is 1. The summed E-state index contributed by atoms with van der Waals surface area (Å²) in [4.78, 5) is 20.9. The zero-order valence-corrected chi connectivity index (χ0v) is 18.8. The van der Waals surface area contributed by atoms with Gasteiger partial charge in [0.1, 0.15) is 17.3 Å². The van der Waals surface area contributed by atoms with Crippen molar-refractivity contribution in [2.45, 2.75) is 18.6 Å². The van der Waals surface area contributed by atoms with E-state index in [2.05, 4.69) is 27.1 Å². The molecule has 7 nitrogen and oxygen atoms in total. The van der Waals surface area contributed by atoms with Crippen molar-refractivity contribution in [2.75, 3.05) is 13.2 Å². The summed E-state index contributed by atoms with van der Waals surface area (Å²) >= 11 is 0. The second kappa shape index (κ2) is 8.87. The number of H-pyrrole nitrogens is 1. The largest absolute Gasteiger partial charge is 0.508 e. The lowest BCUT2D eigenvalue weighted by Gasteiger charge is -2.30. The number of aliphatic hydroxyl groups is 1. The molecule has 4 N–H and O–H groups in total. The number of hydrogen-bond donors (Lipinski definition) is 4. The summed E-state index contributed by atoms with van der Waals surface area (Å²) in [5.74, 6) is 4.41. The molecule has 4 aromatic rings. The molecule has 8 heteroatoms. The third-order valence-electron chi connectivity index (χ3n) is 5.75. The fourth-order valence-electron chi connectivity index (χ4n) is 3.95. The number of phenols is 1. The van der Waals surface area contributed by atoms with Crippen LogP contribution in [0.1, 0.15) is 39.0 Å². The van der Waals surface area contributed by atoms with Crippen LogP contribution in [0, 0.1) is 24.6 Å². The van der Waals surface area contributed by atoms with Gasteiger partial charge in [-0.1, -0.05) is 30.0 Å². The van der Waals surface area contributed by atoms with Crippen molar-refractivity contribution < 1.29 is 24.1 Å². The van der Waals surface area contributed by atoms with Crippen LogP contribution in [-0.4, -0.2) is 44.9 Å². The fourth-order valence-corrected chi connectivity index (χ4v) is 3.95. The molecule has 0 bridgehead atoms. The first kappa shape index (κ1) is 22.6. The molecule has 1 atom stereocenters. The third-order valence-corrected chi connectivity index (χ3v) is 5.75. The smallest absolute Gasteiger partial charge is 0.270 e. The van der Waals surface area contributed by atoms with Crippen LogP contribution >= 0.6 is 0 Å². The van der Waals surface area contributed by atoms with E-state index in [1.807, 2.05) is 30.3 Å². The van der Waals surface area contributed by atoms with Gasteiger partial charge in [0, 0.05) is 28.0 Å². The Kier molecular flexibility index (Phi) is 5.73. The van der Waals surface area contributed by atoms with Gasteiger partial charge in [-0.3, -0.25) is 4.79 Å². The Balaban J connectivity index is 1.51. The number of phenolic OH excluding ortho intramolecular Hbond substituents is 1. The predicted molar refractivity (Wildman–Crippen MR) is 127 cm³/mol. The zero-order valence-electron chi connectivity index (χ0n) is 18.8. The molecule has 1 aliphatic rings. The summed E-state index contributed by atoms with van der Waals surface area (Å²) in [6.07, 6.45) is 0. The van der Waals surface area contributed by atoms with Crippen molar-refractivity contribution in [3.8, 4) is 17.6 Å². The maximum atomic E-state index is 14.1. The molecule has 1 saturated heterocycles. The Labute approximate surface area is 200 Å². The molecule has 0 aliphatic carbocycles. The average molecular weight is 471 g/mol. The standard InChI is InChI=1S/C27H22FN3O4/c1-16-10-17(8-9-27(34)14-35-15-27)11-23(29-16)26(33)31-25(20-13-19(28)6-7-24(20)32)22-12-18-4-2-3-5-21(18)30-22/h2-7,10-13,25,30,32,34H,14-15H2,1H3,(H,31,33). The molecule has 2 aromatic carbocycles. The number of aromatic hydroxyl groups is 1. The summed E-state index contributed by atoms with van der Waals surface area (Å²) in [5, 5.41) is 24.4. The van der Waals surface area contributed by atoms with E-state index < -0.39 is 23.4 Å². The highest BCUT2D eigenvalue weighted by molar-refractivity contribution is 5.93. The normalized spacial score (nSPS) is 15.1. The van der Waals surface area contributed by atoms with Crippen LogP contribution in [0.25, 0.3) is 10.9 Å². The maximum Gasteiger partial charge on any atom is 0.270 e. The van der Waals surface area contributed by atoms with Crippen LogP contribution in [-0.2, 0) is 4.74 Å². The van der Waals surface area contributed by atoms with Gasteiger partial charge in [0.2, 0.25) is 0 Å². The first-order valence-corrected chi connectivity index (χ1v) is 11.0. The number of para-hydroxylation sites is 1. The van der Waals surface area contributed by atoms with Gasteiger partial charge < -0.3 is 25.3 Å². The van der Waals surface area contributed by atoms with E-state index in [1.54, 1.807) is 13.0 Å². The Morgan fingerprint density at radius 3 is 2.74 bits per heavy atom. The lowest BCUT2D eigenvalue weighted by molar-refractivity contribution is -0.140. The topological polar surface area (TPSA) is 107 Å². The molecule has 1 unspecified atom stereocenters. The van der Waals surface area contributed by atoms with Crippen molar-refractivity contribution in [3.05, 3.63) is 94.7 Å². The molecule has 3 heterocycles.